The number of aromatic nitrogens is 2. The van der Waals surface area contributed by atoms with Gasteiger partial charge in [0.05, 0.1) is 22.4 Å². The van der Waals surface area contributed by atoms with E-state index in [0.29, 0.717) is 5.56 Å². The first-order valence-electron chi connectivity index (χ1n) is 12.7. The fraction of sp³-hybridized carbons (Fsp3) is 0.323. The van der Waals surface area contributed by atoms with Gasteiger partial charge in [-0.1, -0.05) is 61.9 Å². The Morgan fingerprint density at radius 2 is 1.73 bits per heavy atom. The molecule has 4 aromatic rings. The SMILES string of the molecule is CCCCc1cn2c(C(OC(=O)C(C)(C)C)c3ccc(-c4ccccc4C(=O)O)cc3)ccc(C)c2n1. The number of pyridine rings is 1. The molecule has 0 saturated heterocycles. The molecular formula is C31H34N2O4. The highest BCUT2D eigenvalue weighted by Gasteiger charge is 2.29. The third kappa shape index (κ3) is 5.58. The molecule has 0 aliphatic rings. The van der Waals surface area contributed by atoms with Crippen LogP contribution in [0.2, 0.25) is 0 Å². The van der Waals surface area contributed by atoms with E-state index in [2.05, 4.69) is 6.92 Å². The first-order chi connectivity index (χ1) is 17.6. The van der Waals surface area contributed by atoms with Crippen molar-refractivity contribution in [2.45, 2.75) is 60.0 Å². The molecule has 0 aliphatic carbocycles. The molecule has 4 rings (SSSR count). The number of fused-ring (bicyclic) bond motifs is 1. The number of hydrogen-bond acceptors (Lipinski definition) is 4. The summed E-state index contributed by atoms with van der Waals surface area (Å²) in [5.41, 5.74) is 5.50. The van der Waals surface area contributed by atoms with E-state index in [-0.39, 0.29) is 11.5 Å². The minimum Gasteiger partial charge on any atom is -0.478 e. The van der Waals surface area contributed by atoms with Crippen LogP contribution in [0.3, 0.4) is 0 Å². The number of ether oxygens (including phenoxy) is 1. The maximum Gasteiger partial charge on any atom is 0.336 e. The van der Waals surface area contributed by atoms with Crippen LogP contribution in [0.25, 0.3) is 16.8 Å². The van der Waals surface area contributed by atoms with Gasteiger partial charge in [-0.2, -0.15) is 0 Å². The number of carboxylic acid groups (broad SMARTS) is 1. The zero-order chi connectivity index (χ0) is 26.7. The van der Waals surface area contributed by atoms with Crippen LogP contribution in [0.1, 0.15) is 79.5 Å². The van der Waals surface area contributed by atoms with E-state index >= 15 is 0 Å². The molecular weight excluding hydrogens is 464 g/mol. The van der Waals surface area contributed by atoms with E-state index in [1.54, 1.807) is 18.2 Å². The van der Waals surface area contributed by atoms with Crippen molar-refractivity contribution in [3.63, 3.8) is 0 Å². The van der Waals surface area contributed by atoms with Gasteiger partial charge >= 0.3 is 11.9 Å². The summed E-state index contributed by atoms with van der Waals surface area (Å²) in [6.45, 7) is 9.70. The van der Waals surface area contributed by atoms with Crippen LogP contribution in [0.5, 0.6) is 0 Å². The number of hydrogen-bond donors (Lipinski definition) is 1. The molecule has 192 valence electrons. The lowest BCUT2D eigenvalue weighted by Crippen LogP contribution is -2.26. The zero-order valence-corrected chi connectivity index (χ0v) is 22.1. The number of benzene rings is 2. The first-order valence-corrected chi connectivity index (χ1v) is 12.7. The molecule has 0 fully saturated rings. The molecule has 1 N–H and O–H groups in total. The molecule has 6 heteroatoms. The number of esters is 1. The van der Waals surface area contributed by atoms with Crippen molar-refractivity contribution < 1.29 is 19.4 Å². The van der Waals surface area contributed by atoms with Crippen molar-refractivity contribution in [2.24, 2.45) is 5.41 Å². The van der Waals surface area contributed by atoms with Crippen LogP contribution < -0.4 is 0 Å². The van der Waals surface area contributed by atoms with Crippen molar-refractivity contribution >= 4 is 17.6 Å². The van der Waals surface area contributed by atoms with E-state index in [1.807, 2.05) is 80.8 Å². The molecule has 1 unspecified atom stereocenters. The van der Waals surface area contributed by atoms with Crippen molar-refractivity contribution in [3.05, 3.63) is 94.9 Å². The van der Waals surface area contributed by atoms with Gasteiger partial charge < -0.3 is 9.84 Å². The lowest BCUT2D eigenvalue weighted by atomic mass is 9.95. The number of imidazole rings is 1. The third-order valence-corrected chi connectivity index (χ3v) is 6.47. The van der Waals surface area contributed by atoms with Gasteiger partial charge in [0.2, 0.25) is 0 Å². The highest BCUT2D eigenvalue weighted by atomic mass is 16.5. The molecule has 2 aromatic carbocycles. The Bertz CT molecular complexity index is 1430. The predicted octanol–water partition coefficient (Wildman–Crippen LogP) is 7.03. The molecule has 0 spiro atoms. The minimum absolute atomic E-state index is 0.240. The Balaban J connectivity index is 1.81. The number of unbranched alkanes of at least 4 members (excludes halogenated alkanes) is 1. The minimum atomic E-state index is -0.974. The van der Waals surface area contributed by atoms with E-state index in [4.69, 9.17) is 9.72 Å². The van der Waals surface area contributed by atoms with E-state index in [1.165, 1.54) is 0 Å². The summed E-state index contributed by atoms with van der Waals surface area (Å²) < 4.78 is 8.19. The summed E-state index contributed by atoms with van der Waals surface area (Å²) in [6.07, 6.45) is 4.42. The average Bonchev–Trinajstić information content (AvgIpc) is 3.31. The second-order valence-electron chi connectivity index (χ2n) is 10.5. The molecule has 37 heavy (non-hydrogen) atoms. The lowest BCUT2D eigenvalue weighted by Gasteiger charge is -2.25. The third-order valence-electron chi connectivity index (χ3n) is 6.47. The van der Waals surface area contributed by atoms with Gasteiger partial charge in [-0.3, -0.25) is 9.20 Å². The van der Waals surface area contributed by atoms with E-state index in [9.17, 15) is 14.7 Å². The fourth-order valence-corrected chi connectivity index (χ4v) is 4.30. The summed E-state index contributed by atoms with van der Waals surface area (Å²) in [5.74, 6) is -1.28. The number of nitrogens with zero attached hydrogens (tertiary/aromatic N) is 2. The normalized spacial score (nSPS) is 12.5. The van der Waals surface area contributed by atoms with Crippen LogP contribution in [0.15, 0.2) is 66.9 Å². The average molecular weight is 499 g/mol. The Labute approximate surface area is 217 Å². The quantitative estimate of drug-likeness (QED) is 0.264. The van der Waals surface area contributed by atoms with Gasteiger partial charge in [0.15, 0.2) is 6.10 Å². The van der Waals surface area contributed by atoms with Gasteiger partial charge in [-0.05, 0) is 74.9 Å². The van der Waals surface area contributed by atoms with Crippen LogP contribution >= 0.6 is 0 Å². The largest absolute Gasteiger partial charge is 0.478 e. The number of aryl methyl sites for hydroxylation is 2. The number of carboxylic acids is 1. The highest BCUT2D eigenvalue weighted by Crippen LogP contribution is 2.33. The van der Waals surface area contributed by atoms with Crippen LogP contribution in [0.4, 0.5) is 0 Å². The van der Waals surface area contributed by atoms with Gasteiger partial charge in [-0.15, -0.1) is 0 Å². The molecule has 2 heterocycles. The highest BCUT2D eigenvalue weighted by molar-refractivity contribution is 5.96. The van der Waals surface area contributed by atoms with Gasteiger partial charge in [0, 0.05) is 6.20 Å². The molecule has 2 aromatic heterocycles. The zero-order valence-electron chi connectivity index (χ0n) is 22.1. The Morgan fingerprint density at radius 3 is 2.38 bits per heavy atom. The van der Waals surface area contributed by atoms with E-state index < -0.39 is 17.5 Å². The van der Waals surface area contributed by atoms with Crippen molar-refractivity contribution in [1.82, 2.24) is 9.38 Å². The van der Waals surface area contributed by atoms with Crippen molar-refractivity contribution in [3.8, 4) is 11.1 Å². The lowest BCUT2D eigenvalue weighted by molar-refractivity contribution is -0.157. The second kappa shape index (κ2) is 10.6. The van der Waals surface area contributed by atoms with Gasteiger partial charge in [-0.25, -0.2) is 9.78 Å². The van der Waals surface area contributed by atoms with Crippen LogP contribution in [0, 0.1) is 12.3 Å². The standard InChI is InChI=1S/C31H34N2O4/c1-6-7-10-23-19-33-26(18-13-20(2)28(33)32-23)27(37-30(36)31(3,4)5)22-16-14-21(15-17-22)24-11-8-9-12-25(24)29(34)35/h8-9,11-19,27H,6-7,10H2,1-5H3,(H,34,35). The maximum atomic E-state index is 13.1. The molecule has 1 atom stereocenters. The first kappa shape index (κ1) is 26.1. The number of aromatic carboxylic acids is 1. The topological polar surface area (TPSA) is 80.9 Å². The summed E-state index contributed by atoms with van der Waals surface area (Å²) in [4.78, 5) is 29.7. The molecule has 0 aliphatic heterocycles. The monoisotopic (exact) mass is 498 g/mol. The Morgan fingerprint density at radius 1 is 1.03 bits per heavy atom. The summed E-state index contributed by atoms with van der Waals surface area (Å²) in [6, 6.07) is 18.5. The smallest absolute Gasteiger partial charge is 0.336 e. The second-order valence-corrected chi connectivity index (χ2v) is 10.5. The Kier molecular flexibility index (Phi) is 7.48. The number of carbonyl (C=O) groups excluding carboxylic acids is 1. The van der Waals surface area contributed by atoms with Crippen LogP contribution in [-0.4, -0.2) is 26.4 Å². The number of carbonyl (C=O) groups is 2. The Hall–Kier alpha value is -3.93. The molecule has 0 radical (unpaired) electrons. The van der Waals surface area contributed by atoms with E-state index in [0.717, 1.165) is 53.0 Å². The van der Waals surface area contributed by atoms with Crippen molar-refractivity contribution in [2.75, 3.05) is 0 Å². The fourth-order valence-electron chi connectivity index (χ4n) is 4.30. The van der Waals surface area contributed by atoms with Gasteiger partial charge in [0.1, 0.15) is 5.65 Å². The summed E-state index contributed by atoms with van der Waals surface area (Å²) >= 11 is 0. The summed E-state index contributed by atoms with van der Waals surface area (Å²) in [7, 11) is 0. The molecule has 6 nitrogen and oxygen atoms in total. The van der Waals surface area contributed by atoms with Crippen molar-refractivity contribution in [1.29, 1.82) is 0 Å². The molecule has 0 bridgehead atoms. The van der Waals surface area contributed by atoms with Gasteiger partial charge in [0.25, 0.3) is 0 Å². The summed E-state index contributed by atoms with van der Waals surface area (Å²) in [5, 5.41) is 9.61. The molecule has 0 amide bonds. The predicted molar refractivity (Wildman–Crippen MR) is 145 cm³/mol. The number of rotatable bonds is 8. The van der Waals surface area contributed by atoms with Crippen LogP contribution in [-0.2, 0) is 16.0 Å². The molecule has 0 saturated carbocycles. The maximum absolute atomic E-state index is 13.1.